The number of aryl methyl sites for hydroxylation is 1. The predicted molar refractivity (Wildman–Crippen MR) is 49.5 cm³/mol. The van der Waals surface area contributed by atoms with Crippen LogP contribution < -0.4 is 10.3 Å². The molecule has 0 aliphatic heterocycles. The fourth-order valence-electron chi connectivity index (χ4n) is 0.876. The Labute approximate surface area is 81.5 Å². The Hall–Kier alpha value is -1.63. The zero-order valence-electron chi connectivity index (χ0n) is 8.16. The van der Waals surface area contributed by atoms with Crippen LogP contribution in [0.15, 0.2) is 18.7 Å². The minimum absolute atomic E-state index is 0.126. The van der Waals surface area contributed by atoms with E-state index in [4.69, 9.17) is 21.1 Å². The molecule has 0 aliphatic rings. The lowest BCUT2D eigenvalue weighted by Gasteiger charge is -2.01. The molecule has 2 N–H and O–H groups in total. The maximum absolute atomic E-state index is 8.25. The molecule has 7 heteroatoms. The summed E-state index contributed by atoms with van der Waals surface area (Å²) in [5.74, 6) is 0. The highest BCUT2D eigenvalue weighted by Gasteiger charge is 2.06. The van der Waals surface area contributed by atoms with Crippen molar-refractivity contribution >= 4 is 0 Å². The third kappa shape index (κ3) is 5.09. The van der Waals surface area contributed by atoms with Gasteiger partial charge in [-0.15, -0.1) is 0 Å². The van der Waals surface area contributed by atoms with Gasteiger partial charge >= 0.3 is 0 Å². The van der Waals surface area contributed by atoms with Crippen LogP contribution in [0.4, 0.5) is 0 Å². The van der Waals surface area contributed by atoms with E-state index in [0.29, 0.717) is 0 Å². The van der Waals surface area contributed by atoms with E-state index in [9.17, 15) is 0 Å². The largest absolute Gasteiger partial charge is 0.356 e. The van der Waals surface area contributed by atoms with Crippen LogP contribution in [-0.2, 0) is 7.05 Å². The zero-order chi connectivity index (χ0) is 11.1. The van der Waals surface area contributed by atoms with Gasteiger partial charge in [-0.2, -0.15) is 0 Å². The Bertz CT molecular complexity index is 282. The molecule has 0 saturated heterocycles. The van der Waals surface area contributed by atoms with Crippen molar-refractivity contribution in [2.45, 2.75) is 19.5 Å². The number of imidazole rings is 1. The van der Waals surface area contributed by atoms with Crippen LogP contribution in [-0.4, -0.2) is 9.65 Å². The molecule has 80 valence electrons. The zero-order valence-corrected chi connectivity index (χ0v) is 8.16. The van der Waals surface area contributed by atoms with E-state index in [0.717, 1.165) is 6.42 Å². The Kier molecular flexibility index (Phi) is 5.23. The quantitative estimate of drug-likeness (QED) is 0.412. The molecule has 1 aromatic rings. The first-order valence-corrected chi connectivity index (χ1v) is 4.07. The number of aromatic nitrogens is 2. The van der Waals surface area contributed by atoms with Gasteiger partial charge in [0.15, 0.2) is 0 Å². The topological polar surface area (TPSA) is 101 Å². The molecule has 0 amide bonds. The van der Waals surface area contributed by atoms with Crippen LogP contribution in [0.2, 0.25) is 0 Å². The van der Waals surface area contributed by atoms with Crippen LogP contribution >= 0.6 is 0 Å². The molecule has 0 aliphatic carbocycles. The van der Waals surface area contributed by atoms with Gasteiger partial charge in [-0.1, -0.05) is 6.92 Å². The minimum atomic E-state index is -1.75. The molecule has 0 fully saturated rings. The van der Waals surface area contributed by atoms with Crippen molar-refractivity contribution in [2.24, 2.45) is 12.8 Å². The molecule has 1 aromatic heterocycles. The summed E-state index contributed by atoms with van der Waals surface area (Å²) < 4.78 is 3.98. The molecule has 0 radical (unpaired) electrons. The first-order chi connectivity index (χ1) is 6.47. The molecule has 0 bridgehead atoms. The summed E-state index contributed by atoms with van der Waals surface area (Å²) in [4.78, 5) is 8.25. The highest BCUT2D eigenvalue weighted by Crippen LogP contribution is 1.90. The maximum Gasteiger partial charge on any atom is 0.244 e. The smallest absolute Gasteiger partial charge is 0.244 e. The van der Waals surface area contributed by atoms with Crippen molar-refractivity contribution in [1.82, 2.24) is 4.57 Å². The standard InChI is InChI=1S/C7H14N3.NO3/c1-3-7(8)10-5-4-9(2)6-10;2-1(3)4/h4-7H,3,8H2,1-2H3;/q+1;-1. The van der Waals surface area contributed by atoms with Crippen molar-refractivity contribution < 1.29 is 9.65 Å². The number of hydrogen-bond acceptors (Lipinski definition) is 4. The van der Waals surface area contributed by atoms with E-state index >= 15 is 0 Å². The molecule has 0 spiro atoms. The predicted octanol–water partition coefficient (Wildman–Crippen LogP) is -0.0592. The Morgan fingerprint density at radius 3 is 2.43 bits per heavy atom. The molecule has 7 nitrogen and oxygen atoms in total. The average Bonchev–Trinajstić information content (AvgIpc) is 2.49. The molecule has 14 heavy (non-hydrogen) atoms. The van der Waals surface area contributed by atoms with Crippen LogP contribution in [0.25, 0.3) is 0 Å². The molecule has 1 rings (SSSR count). The molecule has 1 unspecified atom stereocenters. The first kappa shape index (κ1) is 12.4. The van der Waals surface area contributed by atoms with Crippen molar-refractivity contribution in [3.63, 3.8) is 0 Å². The maximum atomic E-state index is 8.25. The highest BCUT2D eigenvalue weighted by molar-refractivity contribution is 4.62. The Balaban J connectivity index is 0.000000364. The van der Waals surface area contributed by atoms with E-state index in [1.165, 1.54) is 0 Å². The van der Waals surface area contributed by atoms with Gasteiger partial charge in [-0.3, -0.25) is 5.73 Å². The highest BCUT2D eigenvalue weighted by atomic mass is 16.9. The SMILES string of the molecule is CCC(N)[n+]1ccn(C)c1.O=[N+]([O-])[O-]. The lowest BCUT2D eigenvalue weighted by molar-refractivity contribution is -0.722. The lowest BCUT2D eigenvalue weighted by atomic mass is 10.4. The van der Waals surface area contributed by atoms with Crippen molar-refractivity contribution in [3.05, 3.63) is 34.0 Å². The number of hydrogen-bond donors (Lipinski definition) is 1. The minimum Gasteiger partial charge on any atom is -0.356 e. The van der Waals surface area contributed by atoms with Gasteiger partial charge in [0.1, 0.15) is 18.6 Å². The summed E-state index contributed by atoms with van der Waals surface area (Å²) in [6, 6.07) is 0. The van der Waals surface area contributed by atoms with E-state index in [2.05, 4.69) is 6.92 Å². The van der Waals surface area contributed by atoms with Gasteiger partial charge < -0.3 is 15.3 Å². The molecule has 1 heterocycles. The summed E-state index contributed by atoms with van der Waals surface area (Å²) in [5.41, 5.74) is 5.76. The normalized spacial score (nSPS) is 11.4. The van der Waals surface area contributed by atoms with Crippen molar-refractivity contribution in [3.8, 4) is 0 Å². The fourth-order valence-corrected chi connectivity index (χ4v) is 0.876. The fraction of sp³-hybridized carbons (Fsp3) is 0.571. The van der Waals surface area contributed by atoms with Crippen molar-refractivity contribution in [1.29, 1.82) is 0 Å². The Morgan fingerprint density at radius 2 is 2.14 bits per heavy atom. The van der Waals surface area contributed by atoms with E-state index in [1.54, 1.807) is 0 Å². The summed E-state index contributed by atoms with van der Waals surface area (Å²) in [6.07, 6.45) is 7.04. The molecular weight excluding hydrogens is 188 g/mol. The summed E-state index contributed by atoms with van der Waals surface area (Å²) in [5, 5.41) is 14.8. The Morgan fingerprint density at radius 1 is 1.64 bits per heavy atom. The van der Waals surface area contributed by atoms with E-state index < -0.39 is 5.09 Å². The molecular formula is C7H14N4O3. The van der Waals surface area contributed by atoms with E-state index in [1.807, 2.05) is 34.9 Å². The van der Waals surface area contributed by atoms with Gasteiger partial charge in [0.05, 0.1) is 12.1 Å². The summed E-state index contributed by atoms with van der Waals surface area (Å²) in [6.45, 7) is 2.07. The molecule has 0 saturated carbocycles. The van der Waals surface area contributed by atoms with Crippen LogP contribution in [0, 0.1) is 15.3 Å². The van der Waals surface area contributed by atoms with Crippen LogP contribution in [0.1, 0.15) is 19.5 Å². The third-order valence-corrected chi connectivity index (χ3v) is 1.59. The van der Waals surface area contributed by atoms with Gasteiger partial charge in [0.25, 0.3) is 0 Å². The average molecular weight is 202 g/mol. The lowest BCUT2D eigenvalue weighted by Crippen LogP contribution is -2.42. The van der Waals surface area contributed by atoms with Gasteiger partial charge in [0, 0.05) is 0 Å². The van der Waals surface area contributed by atoms with Crippen LogP contribution in [0.5, 0.6) is 0 Å². The van der Waals surface area contributed by atoms with Crippen LogP contribution in [0.3, 0.4) is 0 Å². The van der Waals surface area contributed by atoms with Crippen molar-refractivity contribution in [2.75, 3.05) is 0 Å². The second kappa shape index (κ2) is 5.92. The summed E-state index contributed by atoms with van der Waals surface area (Å²) in [7, 11) is 1.98. The van der Waals surface area contributed by atoms with Gasteiger partial charge in [-0.05, 0) is 6.42 Å². The second-order valence-corrected chi connectivity index (χ2v) is 2.73. The molecule has 0 aromatic carbocycles. The number of nitrogens with two attached hydrogens (primary N) is 1. The third-order valence-electron chi connectivity index (χ3n) is 1.59. The second-order valence-electron chi connectivity index (χ2n) is 2.73. The number of nitrogens with zero attached hydrogens (tertiary/aromatic N) is 3. The molecule has 1 atom stereocenters. The van der Waals surface area contributed by atoms with E-state index in [-0.39, 0.29) is 6.17 Å². The monoisotopic (exact) mass is 202 g/mol. The first-order valence-electron chi connectivity index (χ1n) is 4.07. The number of rotatable bonds is 2. The van der Waals surface area contributed by atoms with Gasteiger partial charge in [-0.25, -0.2) is 9.13 Å². The van der Waals surface area contributed by atoms with Gasteiger partial charge in [0.2, 0.25) is 6.33 Å². The summed E-state index contributed by atoms with van der Waals surface area (Å²) >= 11 is 0.